The number of nitrogens with zero attached hydrogens (tertiary/aromatic N) is 1. The lowest BCUT2D eigenvalue weighted by molar-refractivity contribution is -0.384. The van der Waals surface area contributed by atoms with E-state index in [-0.39, 0.29) is 23.2 Å². The van der Waals surface area contributed by atoms with Gasteiger partial charge in [-0.15, -0.1) is 0 Å². The van der Waals surface area contributed by atoms with Crippen molar-refractivity contribution in [3.8, 4) is 5.75 Å². The zero-order valence-corrected chi connectivity index (χ0v) is 13.9. The summed E-state index contributed by atoms with van der Waals surface area (Å²) < 4.78 is 5.24. The van der Waals surface area contributed by atoms with Crippen LogP contribution in [0, 0.1) is 10.1 Å². The van der Waals surface area contributed by atoms with Crippen LogP contribution >= 0.6 is 11.6 Å². The molecule has 2 aromatic rings. The molecule has 2 amide bonds. The molecular formula is C17H12ClN3O5. The highest BCUT2D eigenvalue weighted by atomic mass is 35.5. The average Bonchev–Trinajstić information content (AvgIpc) is 2.60. The second-order valence-corrected chi connectivity index (χ2v) is 5.75. The van der Waals surface area contributed by atoms with E-state index in [0.29, 0.717) is 22.7 Å². The highest BCUT2D eigenvalue weighted by Gasteiger charge is 2.16. The van der Waals surface area contributed by atoms with Gasteiger partial charge in [0.1, 0.15) is 10.8 Å². The standard InChI is InChI=1S/C17H12ClN3O5/c18-12-4-1-10(7-14(12)21(24)25)2-6-16(22)19-11-3-5-15-13(8-11)20-17(23)9-26-15/h1-8H,9H2,(H,19,22)(H,20,23)/b6-2+. The summed E-state index contributed by atoms with van der Waals surface area (Å²) in [4.78, 5) is 33.6. The molecule has 0 radical (unpaired) electrons. The van der Waals surface area contributed by atoms with Gasteiger partial charge in [0, 0.05) is 17.8 Å². The highest BCUT2D eigenvalue weighted by Crippen LogP contribution is 2.30. The topological polar surface area (TPSA) is 111 Å². The van der Waals surface area contributed by atoms with Crippen LogP contribution in [0.5, 0.6) is 5.75 Å². The van der Waals surface area contributed by atoms with Crippen LogP contribution in [-0.2, 0) is 9.59 Å². The number of fused-ring (bicyclic) bond motifs is 1. The molecule has 0 saturated carbocycles. The first kappa shape index (κ1) is 17.4. The first-order chi connectivity index (χ1) is 12.4. The molecule has 26 heavy (non-hydrogen) atoms. The molecule has 9 heteroatoms. The highest BCUT2D eigenvalue weighted by molar-refractivity contribution is 6.32. The lowest BCUT2D eigenvalue weighted by Gasteiger charge is -2.18. The second-order valence-electron chi connectivity index (χ2n) is 5.34. The van der Waals surface area contributed by atoms with Crippen LogP contribution in [0.1, 0.15) is 5.56 Å². The van der Waals surface area contributed by atoms with Crippen LogP contribution in [0.2, 0.25) is 5.02 Å². The molecule has 2 N–H and O–H groups in total. The van der Waals surface area contributed by atoms with Crippen molar-refractivity contribution in [1.82, 2.24) is 0 Å². The lowest BCUT2D eigenvalue weighted by Crippen LogP contribution is -2.25. The van der Waals surface area contributed by atoms with Gasteiger partial charge in [0.15, 0.2) is 6.61 Å². The van der Waals surface area contributed by atoms with Gasteiger partial charge < -0.3 is 15.4 Å². The number of rotatable bonds is 4. The van der Waals surface area contributed by atoms with Crippen molar-refractivity contribution < 1.29 is 19.2 Å². The zero-order chi connectivity index (χ0) is 18.7. The Morgan fingerprint density at radius 2 is 2.12 bits per heavy atom. The maximum Gasteiger partial charge on any atom is 0.288 e. The third-order valence-corrected chi connectivity index (χ3v) is 3.79. The summed E-state index contributed by atoms with van der Waals surface area (Å²) in [6.45, 7) is -0.0470. The Morgan fingerprint density at radius 1 is 1.31 bits per heavy atom. The van der Waals surface area contributed by atoms with Crippen molar-refractivity contribution in [3.05, 3.63) is 63.2 Å². The number of nitro benzene ring substituents is 1. The number of halogens is 1. The first-order valence-electron chi connectivity index (χ1n) is 7.42. The molecule has 0 spiro atoms. The Morgan fingerprint density at radius 3 is 2.88 bits per heavy atom. The van der Waals surface area contributed by atoms with Crippen molar-refractivity contribution in [2.24, 2.45) is 0 Å². The minimum absolute atomic E-state index is 0.0231. The van der Waals surface area contributed by atoms with Crippen LogP contribution in [0.3, 0.4) is 0 Å². The number of ether oxygens (including phenoxy) is 1. The molecule has 1 aliphatic rings. The van der Waals surface area contributed by atoms with E-state index in [2.05, 4.69) is 10.6 Å². The van der Waals surface area contributed by atoms with E-state index in [1.807, 2.05) is 0 Å². The largest absolute Gasteiger partial charge is 0.482 e. The smallest absolute Gasteiger partial charge is 0.288 e. The normalized spacial score (nSPS) is 12.9. The van der Waals surface area contributed by atoms with E-state index < -0.39 is 10.8 Å². The summed E-state index contributed by atoms with van der Waals surface area (Å²) in [6.07, 6.45) is 2.67. The molecule has 1 heterocycles. The van der Waals surface area contributed by atoms with Gasteiger partial charge in [-0.1, -0.05) is 17.7 Å². The van der Waals surface area contributed by atoms with Crippen molar-refractivity contribution in [2.75, 3.05) is 17.2 Å². The van der Waals surface area contributed by atoms with Crippen LogP contribution < -0.4 is 15.4 Å². The van der Waals surface area contributed by atoms with Crippen LogP contribution in [0.15, 0.2) is 42.5 Å². The van der Waals surface area contributed by atoms with Crippen molar-refractivity contribution in [2.45, 2.75) is 0 Å². The van der Waals surface area contributed by atoms with Gasteiger partial charge in [0.2, 0.25) is 5.91 Å². The SMILES string of the molecule is O=C(/C=C/c1ccc(Cl)c([N+](=O)[O-])c1)Nc1ccc2c(c1)NC(=O)CO2. The Bertz CT molecular complexity index is 942. The van der Waals surface area contributed by atoms with Gasteiger partial charge in [-0.05, 0) is 35.9 Å². The van der Waals surface area contributed by atoms with E-state index in [1.165, 1.54) is 24.3 Å². The molecule has 3 rings (SSSR count). The average molecular weight is 374 g/mol. The number of carbonyl (C=O) groups excluding carboxylic acids is 2. The Balaban J connectivity index is 1.70. The fourth-order valence-corrected chi connectivity index (χ4v) is 2.48. The van der Waals surface area contributed by atoms with Gasteiger partial charge >= 0.3 is 0 Å². The Labute approximate surface area is 152 Å². The summed E-state index contributed by atoms with van der Waals surface area (Å²) in [7, 11) is 0. The van der Waals surface area contributed by atoms with Crippen LogP contribution in [0.4, 0.5) is 17.1 Å². The summed E-state index contributed by atoms with van der Waals surface area (Å²) in [5.41, 5.74) is 1.16. The van der Waals surface area contributed by atoms with E-state index in [0.717, 1.165) is 0 Å². The molecule has 0 aliphatic carbocycles. The van der Waals surface area contributed by atoms with Gasteiger partial charge in [-0.25, -0.2) is 0 Å². The summed E-state index contributed by atoms with van der Waals surface area (Å²) in [5.74, 6) is -0.192. The molecule has 8 nitrogen and oxygen atoms in total. The molecule has 0 fully saturated rings. The molecule has 0 saturated heterocycles. The maximum atomic E-state index is 12.0. The fourth-order valence-electron chi connectivity index (χ4n) is 2.29. The summed E-state index contributed by atoms with van der Waals surface area (Å²) >= 11 is 5.74. The predicted octanol–water partition coefficient (Wildman–Crippen LogP) is 3.23. The second kappa shape index (κ2) is 7.24. The number of anilines is 2. The summed E-state index contributed by atoms with van der Waals surface area (Å²) in [6, 6.07) is 9.07. The molecular weight excluding hydrogens is 362 g/mol. The number of carbonyl (C=O) groups is 2. The number of amides is 2. The molecule has 2 aromatic carbocycles. The number of nitrogens with one attached hydrogen (secondary N) is 2. The quantitative estimate of drug-likeness (QED) is 0.485. The third-order valence-electron chi connectivity index (χ3n) is 3.47. The first-order valence-corrected chi connectivity index (χ1v) is 7.80. The number of hydrogen-bond acceptors (Lipinski definition) is 5. The van der Waals surface area contributed by atoms with E-state index in [1.54, 1.807) is 24.3 Å². The number of benzene rings is 2. The summed E-state index contributed by atoms with van der Waals surface area (Å²) in [5, 5.41) is 16.2. The minimum Gasteiger partial charge on any atom is -0.482 e. The third kappa shape index (κ3) is 3.98. The minimum atomic E-state index is -0.594. The molecule has 132 valence electrons. The number of hydrogen-bond donors (Lipinski definition) is 2. The zero-order valence-electron chi connectivity index (χ0n) is 13.2. The van der Waals surface area contributed by atoms with Gasteiger partial charge in [0.25, 0.3) is 11.6 Å². The van der Waals surface area contributed by atoms with Crippen molar-refractivity contribution in [3.63, 3.8) is 0 Å². The number of nitro groups is 1. The Hall–Kier alpha value is -3.39. The predicted molar refractivity (Wildman–Crippen MR) is 96.3 cm³/mol. The Kier molecular flexibility index (Phi) is 4.85. The molecule has 0 aromatic heterocycles. The van der Waals surface area contributed by atoms with E-state index in [9.17, 15) is 19.7 Å². The fraction of sp³-hybridized carbons (Fsp3) is 0.0588. The van der Waals surface area contributed by atoms with Crippen LogP contribution in [-0.4, -0.2) is 23.3 Å². The van der Waals surface area contributed by atoms with E-state index >= 15 is 0 Å². The lowest BCUT2D eigenvalue weighted by atomic mass is 10.2. The van der Waals surface area contributed by atoms with Gasteiger partial charge in [0.05, 0.1) is 10.6 Å². The van der Waals surface area contributed by atoms with Crippen LogP contribution in [0.25, 0.3) is 6.08 Å². The molecule has 1 aliphatic heterocycles. The van der Waals surface area contributed by atoms with Crippen molar-refractivity contribution in [1.29, 1.82) is 0 Å². The molecule has 0 bridgehead atoms. The molecule has 0 atom stereocenters. The molecule has 0 unspecified atom stereocenters. The monoisotopic (exact) mass is 373 g/mol. The maximum absolute atomic E-state index is 12.0. The van der Waals surface area contributed by atoms with Crippen molar-refractivity contribution >= 4 is 46.6 Å². The van der Waals surface area contributed by atoms with E-state index in [4.69, 9.17) is 16.3 Å². The van der Waals surface area contributed by atoms with Gasteiger partial charge in [-0.3, -0.25) is 19.7 Å². The van der Waals surface area contributed by atoms with Gasteiger partial charge in [-0.2, -0.15) is 0 Å².